The Bertz CT molecular complexity index is 890. The number of rotatable bonds is 4. The number of pyridine rings is 1. The van der Waals surface area contributed by atoms with E-state index in [1.165, 1.54) is 0 Å². The van der Waals surface area contributed by atoms with E-state index in [2.05, 4.69) is 30.2 Å². The van der Waals surface area contributed by atoms with Crippen LogP contribution in [0.1, 0.15) is 10.9 Å². The van der Waals surface area contributed by atoms with Crippen LogP contribution < -0.4 is 4.90 Å². The predicted molar refractivity (Wildman–Crippen MR) is 89.9 cm³/mol. The SMILES string of the molecule is FC(F)(F)c1nnc(N2CCN(Cc3nc(-c4cccnc4)no3)CC2)s1. The highest BCUT2D eigenvalue weighted by atomic mass is 32.1. The zero-order chi connectivity index (χ0) is 18.9. The molecule has 0 aromatic carbocycles. The third kappa shape index (κ3) is 4.06. The standard InChI is InChI=1S/C15H14F3N7OS/c16-15(17,18)13-21-22-14(27-13)25-6-4-24(5-7-25)9-11-20-12(23-26-11)10-2-1-3-19-8-10/h1-3,8H,4-7,9H2. The lowest BCUT2D eigenvalue weighted by molar-refractivity contribution is -0.138. The molecule has 1 saturated heterocycles. The van der Waals surface area contributed by atoms with Crippen LogP contribution in [-0.2, 0) is 12.7 Å². The van der Waals surface area contributed by atoms with Gasteiger partial charge in [0.15, 0.2) is 0 Å². The summed E-state index contributed by atoms with van der Waals surface area (Å²) in [5.74, 6) is 0.961. The Morgan fingerprint density at radius 2 is 1.96 bits per heavy atom. The molecule has 0 N–H and O–H groups in total. The van der Waals surface area contributed by atoms with Crippen molar-refractivity contribution >= 4 is 16.5 Å². The Kier molecular flexibility index (Phi) is 4.74. The van der Waals surface area contributed by atoms with E-state index in [9.17, 15) is 13.2 Å². The molecule has 1 fully saturated rings. The lowest BCUT2D eigenvalue weighted by atomic mass is 10.3. The average Bonchev–Trinajstić information content (AvgIpc) is 3.33. The third-order valence-corrected chi connectivity index (χ3v) is 5.08. The normalized spacial score (nSPS) is 16.0. The van der Waals surface area contributed by atoms with E-state index < -0.39 is 11.2 Å². The second-order valence-electron chi connectivity index (χ2n) is 5.90. The number of halogens is 3. The molecule has 4 rings (SSSR count). The maximum absolute atomic E-state index is 12.7. The maximum Gasteiger partial charge on any atom is 0.445 e. The lowest BCUT2D eigenvalue weighted by Crippen LogP contribution is -2.46. The highest BCUT2D eigenvalue weighted by molar-refractivity contribution is 7.15. The summed E-state index contributed by atoms with van der Waals surface area (Å²) < 4.78 is 43.2. The molecule has 1 aliphatic rings. The molecule has 0 spiro atoms. The highest BCUT2D eigenvalue weighted by Crippen LogP contribution is 2.34. The van der Waals surface area contributed by atoms with E-state index in [1.807, 2.05) is 6.07 Å². The second kappa shape index (κ2) is 7.19. The van der Waals surface area contributed by atoms with Gasteiger partial charge < -0.3 is 9.42 Å². The van der Waals surface area contributed by atoms with Gasteiger partial charge in [-0.25, -0.2) is 0 Å². The fraction of sp³-hybridized carbons (Fsp3) is 0.400. The predicted octanol–water partition coefficient (Wildman–Crippen LogP) is 2.32. The number of nitrogens with zero attached hydrogens (tertiary/aromatic N) is 7. The van der Waals surface area contributed by atoms with Crippen molar-refractivity contribution in [3.05, 3.63) is 35.4 Å². The minimum Gasteiger partial charge on any atom is -0.344 e. The van der Waals surface area contributed by atoms with E-state index >= 15 is 0 Å². The summed E-state index contributed by atoms with van der Waals surface area (Å²) in [5, 5.41) is 10.2. The summed E-state index contributed by atoms with van der Waals surface area (Å²) in [6, 6.07) is 3.64. The molecule has 12 heteroatoms. The van der Waals surface area contributed by atoms with Crippen LogP contribution in [0.5, 0.6) is 0 Å². The Hall–Kier alpha value is -2.60. The molecule has 8 nitrogen and oxygen atoms in total. The number of hydrogen-bond acceptors (Lipinski definition) is 9. The first-order valence-corrected chi connectivity index (χ1v) is 8.92. The Balaban J connectivity index is 1.34. The van der Waals surface area contributed by atoms with Crippen LogP contribution in [0.15, 0.2) is 29.0 Å². The first kappa shape index (κ1) is 17.8. The molecule has 0 aliphatic carbocycles. The fourth-order valence-electron chi connectivity index (χ4n) is 2.68. The van der Waals surface area contributed by atoms with E-state index in [0.717, 1.165) is 5.56 Å². The number of aromatic nitrogens is 5. The van der Waals surface area contributed by atoms with Gasteiger partial charge in [-0.05, 0) is 12.1 Å². The maximum atomic E-state index is 12.7. The first-order chi connectivity index (χ1) is 13.0. The summed E-state index contributed by atoms with van der Waals surface area (Å²) >= 11 is 0.566. The molecular weight excluding hydrogens is 383 g/mol. The Labute approximate surface area is 155 Å². The fourth-order valence-corrected chi connectivity index (χ4v) is 3.44. The number of hydrogen-bond donors (Lipinski definition) is 0. The van der Waals surface area contributed by atoms with Gasteiger partial charge in [0.1, 0.15) is 0 Å². The third-order valence-electron chi connectivity index (χ3n) is 4.05. The van der Waals surface area contributed by atoms with Gasteiger partial charge in [-0.2, -0.15) is 18.2 Å². The van der Waals surface area contributed by atoms with Crippen molar-refractivity contribution in [3.63, 3.8) is 0 Å². The van der Waals surface area contributed by atoms with Crippen molar-refractivity contribution in [1.29, 1.82) is 0 Å². The van der Waals surface area contributed by atoms with Crippen molar-refractivity contribution in [2.24, 2.45) is 0 Å². The highest BCUT2D eigenvalue weighted by Gasteiger charge is 2.36. The minimum atomic E-state index is -4.46. The van der Waals surface area contributed by atoms with Gasteiger partial charge >= 0.3 is 6.18 Å². The van der Waals surface area contributed by atoms with Crippen LogP contribution in [-0.4, -0.2) is 56.4 Å². The molecule has 0 amide bonds. The molecule has 0 bridgehead atoms. The smallest absolute Gasteiger partial charge is 0.344 e. The van der Waals surface area contributed by atoms with Crippen molar-refractivity contribution in [2.45, 2.75) is 12.7 Å². The lowest BCUT2D eigenvalue weighted by Gasteiger charge is -2.33. The zero-order valence-electron chi connectivity index (χ0n) is 13.9. The van der Waals surface area contributed by atoms with Crippen molar-refractivity contribution < 1.29 is 17.7 Å². The molecule has 0 unspecified atom stereocenters. The van der Waals surface area contributed by atoms with E-state index in [1.54, 1.807) is 23.4 Å². The van der Waals surface area contributed by atoms with E-state index in [0.29, 0.717) is 60.9 Å². The van der Waals surface area contributed by atoms with Crippen LogP contribution in [0.4, 0.5) is 18.3 Å². The number of alkyl halides is 3. The van der Waals surface area contributed by atoms with Gasteiger partial charge in [0.25, 0.3) is 0 Å². The average molecular weight is 397 g/mol. The molecule has 0 atom stereocenters. The van der Waals surface area contributed by atoms with Gasteiger partial charge in [0.2, 0.25) is 21.9 Å². The van der Waals surface area contributed by atoms with Gasteiger partial charge in [0.05, 0.1) is 6.54 Å². The molecule has 0 radical (unpaired) electrons. The van der Waals surface area contributed by atoms with Crippen LogP contribution in [0.25, 0.3) is 11.4 Å². The molecular formula is C15H14F3N7OS. The van der Waals surface area contributed by atoms with E-state index in [-0.39, 0.29) is 0 Å². The molecule has 4 heterocycles. The molecule has 0 saturated carbocycles. The molecule has 27 heavy (non-hydrogen) atoms. The van der Waals surface area contributed by atoms with E-state index in [4.69, 9.17) is 4.52 Å². The summed E-state index contributed by atoms with van der Waals surface area (Å²) in [6.07, 6.45) is -1.13. The minimum absolute atomic E-state index is 0.290. The summed E-state index contributed by atoms with van der Waals surface area (Å²) in [5.41, 5.74) is 0.772. The largest absolute Gasteiger partial charge is 0.445 e. The van der Waals surface area contributed by atoms with Gasteiger partial charge in [-0.1, -0.05) is 16.5 Å². The quantitative estimate of drug-likeness (QED) is 0.663. The monoisotopic (exact) mass is 397 g/mol. The number of anilines is 1. The molecule has 142 valence electrons. The Morgan fingerprint density at radius 1 is 1.15 bits per heavy atom. The molecule has 1 aliphatic heterocycles. The van der Waals surface area contributed by atoms with Crippen molar-refractivity contribution in [2.75, 3.05) is 31.1 Å². The van der Waals surface area contributed by atoms with Gasteiger partial charge in [-0.15, -0.1) is 10.2 Å². The Morgan fingerprint density at radius 3 is 2.63 bits per heavy atom. The second-order valence-corrected chi connectivity index (χ2v) is 6.86. The van der Waals surface area contributed by atoms with Crippen molar-refractivity contribution in [3.8, 4) is 11.4 Å². The van der Waals surface area contributed by atoms with Gasteiger partial charge in [0, 0.05) is 44.1 Å². The first-order valence-electron chi connectivity index (χ1n) is 8.10. The summed E-state index contributed by atoms with van der Waals surface area (Å²) in [6.45, 7) is 2.87. The van der Waals surface area contributed by atoms with Crippen LogP contribution in [0.3, 0.4) is 0 Å². The van der Waals surface area contributed by atoms with Crippen LogP contribution >= 0.6 is 11.3 Å². The molecule has 3 aromatic rings. The zero-order valence-corrected chi connectivity index (χ0v) is 14.7. The summed E-state index contributed by atoms with van der Waals surface area (Å²) in [4.78, 5) is 12.3. The van der Waals surface area contributed by atoms with Crippen LogP contribution in [0.2, 0.25) is 0 Å². The topological polar surface area (TPSA) is 84.1 Å². The summed E-state index contributed by atoms with van der Waals surface area (Å²) in [7, 11) is 0. The van der Waals surface area contributed by atoms with Crippen molar-refractivity contribution in [1.82, 2.24) is 30.2 Å². The van der Waals surface area contributed by atoms with Crippen LogP contribution in [0, 0.1) is 0 Å². The molecule has 3 aromatic heterocycles. The van der Waals surface area contributed by atoms with Gasteiger partial charge in [-0.3, -0.25) is 9.88 Å². The number of piperazine rings is 1.